The summed E-state index contributed by atoms with van der Waals surface area (Å²) in [5, 5.41) is 0. The van der Waals surface area contributed by atoms with E-state index in [1.807, 2.05) is 0 Å². The Hall–Kier alpha value is -1.84. The Morgan fingerprint density at radius 2 is 1.83 bits per heavy atom. The minimum absolute atomic E-state index is 0.103. The summed E-state index contributed by atoms with van der Waals surface area (Å²) in [7, 11) is 0. The van der Waals surface area contributed by atoms with Crippen LogP contribution >= 0.6 is 0 Å². The van der Waals surface area contributed by atoms with E-state index in [-0.39, 0.29) is 24.5 Å². The monoisotopic (exact) mass is 250 g/mol. The van der Waals surface area contributed by atoms with Gasteiger partial charge in [-0.2, -0.15) is 0 Å². The van der Waals surface area contributed by atoms with Gasteiger partial charge in [0.15, 0.2) is 0 Å². The van der Waals surface area contributed by atoms with Crippen LogP contribution in [0.4, 0.5) is 0 Å². The fraction of sp³-hybridized carbons (Fsp3) is 0.429. The van der Waals surface area contributed by atoms with Crippen LogP contribution < -0.4 is 4.74 Å². The molecule has 1 aromatic rings. The topological polar surface area (TPSA) is 52.6 Å². The number of carbonyl (C=O) groups excluding carboxylic acids is 2. The van der Waals surface area contributed by atoms with E-state index in [2.05, 4.69) is 0 Å². The molecule has 0 atom stereocenters. The first-order chi connectivity index (χ1) is 8.52. The van der Waals surface area contributed by atoms with Crippen molar-refractivity contribution in [2.45, 2.75) is 39.7 Å². The van der Waals surface area contributed by atoms with Crippen LogP contribution in [0.2, 0.25) is 0 Å². The molecule has 4 nitrogen and oxygen atoms in total. The molecule has 98 valence electrons. The van der Waals surface area contributed by atoms with Gasteiger partial charge in [0.1, 0.15) is 5.75 Å². The molecule has 0 aliphatic heterocycles. The predicted molar refractivity (Wildman–Crippen MR) is 67.3 cm³/mol. The minimum atomic E-state index is -0.329. The van der Waals surface area contributed by atoms with E-state index in [1.54, 1.807) is 45.0 Å². The van der Waals surface area contributed by atoms with E-state index in [1.165, 1.54) is 0 Å². The van der Waals surface area contributed by atoms with Crippen LogP contribution in [-0.4, -0.2) is 18.0 Å². The van der Waals surface area contributed by atoms with Crippen molar-refractivity contribution in [3.63, 3.8) is 0 Å². The zero-order valence-corrected chi connectivity index (χ0v) is 10.9. The zero-order valence-electron chi connectivity index (χ0n) is 10.9. The van der Waals surface area contributed by atoms with Crippen molar-refractivity contribution < 1.29 is 19.1 Å². The van der Waals surface area contributed by atoms with Crippen molar-refractivity contribution in [2.24, 2.45) is 0 Å². The first kappa shape index (κ1) is 14.2. The maximum atomic E-state index is 11.6. The van der Waals surface area contributed by atoms with Gasteiger partial charge in [0.25, 0.3) is 0 Å². The molecule has 1 rings (SSSR count). The molecule has 1 aromatic carbocycles. The molecule has 0 saturated carbocycles. The number of ether oxygens (including phenoxy) is 2. The number of rotatable bonds is 5. The van der Waals surface area contributed by atoms with Crippen molar-refractivity contribution in [1.29, 1.82) is 0 Å². The molecule has 0 unspecified atom stereocenters. The van der Waals surface area contributed by atoms with Gasteiger partial charge in [-0.3, -0.25) is 9.59 Å². The number of esters is 2. The third kappa shape index (κ3) is 4.57. The maximum absolute atomic E-state index is 11.6. The molecular weight excluding hydrogens is 232 g/mol. The molecular formula is C14H18O4. The lowest BCUT2D eigenvalue weighted by Gasteiger charge is -2.11. The number of carbonyl (C=O) groups is 2. The van der Waals surface area contributed by atoms with Crippen LogP contribution in [0.25, 0.3) is 0 Å². The Labute approximate surface area is 107 Å². The summed E-state index contributed by atoms with van der Waals surface area (Å²) in [6, 6.07) is 6.97. The van der Waals surface area contributed by atoms with Crippen LogP contribution in [0.3, 0.4) is 0 Å². The minimum Gasteiger partial charge on any atom is -0.463 e. The molecule has 0 bridgehead atoms. The zero-order chi connectivity index (χ0) is 13.5. The Morgan fingerprint density at radius 3 is 2.44 bits per heavy atom. The molecule has 0 radical (unpaired) electrons. The summed E-state index contributed by atoms with van der Waals surface area (Å²) < 4.78 is 10.2. The number of hydrogen-bond donors (Lipinski definition) is 0. The van der Waals surface area contributed by atoms with Crippen molar-refractivity contribution in [2.75, 3.05) is 0 Å². The highest BCUT2D eigenvalue weighted by Gasteiger charge is 2.12. The average molecular weight is 250 g/mol. The highest BCUT2D eigenvalue weighted by Crippen LogP contribution is 2.19. The van der Waals surface area contributed by atoms with E-state index < -0.39 is 0 Å². The van der Waals surface area contributed by atoms with Gasteiger partial charge in [0.2, 0.25) is 0 Å². The molecule has 0 amide bonds. The lowest BCUT2D eigenvalue weighted by atomic mass is 10.1. The molecule has 0 aliphatic rings. The van der Waals surface area contributed by atoms with E-state index in [0.717, 1.165) is 0 Å². The summed E-state index contributed by atoms with van der Waals surface area (Å²) in [5.41, 5.74) is 0.657. The number of hydrogen-bond acceptors (Lipinski definition) is 4. The Morgan fingerprint density at radius 1 is 1.17 bits per heavy atom. The van der Waals surface area contributed by atoms with Crippen molar-refractivity contribution in [3.05, 3.63) is 29.8 Å². The molecule has 18 heavy (non-hydrogen) atoms. The normalized spacial score (nSPS) is 10.2. The summed E-state index contributed by atoms with van der Waals surface area (Å²) in [5.74, 6) is -0.227. The van der Waals surface area contributed by atoms with E-state index in [0.29, 0.717) is 17.7 Å². The van der Waals surface area contributed by atoms with Gasteiger partial charge in [0.05, 0.1) is 12.5 Å². The maximum Gasteiger partial charge on any atom is 0.310 e. The van der Waals surface area contributed by atoms with Crippen LogP contribution in [0.5, 0.6) is 5.75 Å². The van der Waals surface area contributed by atoms with E-state index in [9.17, 15) is 9.59 Å². The van der Waals surface area contributed by atoms with Crippen molar-refractivity contribution in [3.8, 4) is 5.75 Å². The smallest absolute Gasteiger partial charge is 0.310 e. The van der Waals surface area contributed by atoms with E-state index >= 15 is 0 Å². The van der Waals surface area contributed by atoms with Crippen LogP contribution in [-0.2, 0) is 20.7 Å². The Kier molecular flexibility index (Phi) is 5.36. The fourth-order valence-corrected chi connectivity index (χ4v) is 1.40. The molecule has 0 aromatic heterocycles. The number of benzene rings is 1. The van der Waals surface area contributed by atoms with E-state index in [4.69, 9.17) is 9.47 Å². The standard InChI is InChI=1S/C14H18O4/c1-4-13(15)18-12-8-6-5-7-11(12)9-14(16)17-10(2)3/h5-8,10H,4,9H2,1-3H3. The number of para-hydroxylation sites is 1. The molecule has 0 spiro atoms. The van der Waals surface area contributed by atoms with Gasteiger partial charge in [0, 0.05) is 12.0 Å². The van der Waals surface area contributed by atoms with Gasteiger partial charge < -0.3 is 9.47 Å². The second-order valence-electron chi connectivity index (χ2n) is 4.15. The predicted octanol–water partition coefficient (Wildman–Crippen LogP) is 2.50. The molecule has 0 N–H and O–H groups in total. The first-order valence-corrected chi connectivity index (χ1v) is 6.01. The van der Waals surface area contributed by atoms with Crippen LogP contribution in [0, 0.1) is 0 Å². The van der Waals surface area contributed by atoms with Crippen molar-refractivity contribution in [1.82, 2.24) is 0 Å². The highest BCUT2D eigenvalue weighted by molar-refractivity contribution is 5.76. The fourth-order valence-electron chi connectivity index (χ4n) is 1.40. The largest absolute Gasteiger partial charge is 0.463 e. The first-order valence-electron chi connectivity index (χ1n) is 6.01. The molecule has 4 heteroatoms. The molecule has 0 aliphatic carbocycles. The van der Waals surface area contributed by atoms with Crippen molar-refractivity contribution >= 4 is 11.9 Å². The van der Waals surface area contributed by atoms with Crippen LogP contribution in [0.1, 0.15) is 32.8 Å². The Bertz CT molecular complexity index is 424. The second kappa shape index (κ2) is 6.79. The lowest BCUT2D eigenvalue weighted by Crippen LogP contribution is -2.15. The Balaban J connectivity index is 2.76. The SMILES string of the molecule is CCC(=O)Oc1ccccc1CC(=O)OC(C)C. The summed E-state index contributed by atoms with van der Waals surface area (Å²) >= 11 is 0. The third-order valence-corrected chi connectivity index (χ3v) is 2.19. The summed E-state index contributed by atoms with van der Waals surface area (Å²) in [6.45, 7) is 5.31. The lowest BCUT2D eigenvalue weighted by molar-refractivity contribution is -0.146. The summed E-state index contributed by atoms with van der Waals surface area (Å²) in [4.78, 5) is 22.8. The average Bonchev–Trinajstić information content (AvgIpc) is 2.30. The van der Waals surface area contributed by atoms with Gasteiger partial charge in [-0.15, -0.1) is 0 Å². The molecule has 0 saturated heterocycles. The van der Waals surface area contributed by atoms with Gasteiger partial charge >= 0.3 is 11.9 Å². The summed E-state index contributed by atoms with van der Waals surface area (Å²) in [6.07, 6.45) is 0.249. The highest BCUT2D eigenvalue weighted by atomic mass is 16.5. The van der Waals surface area contributed by atoms with Crippen LogP contribution in [0.15, 0.2) is 24.3 Å². The molecule has 0 heterocycles. The molecule has 0 fully saturated rings. The van der Waals surface area contributed by atoms with Gasteiger partial charge in [-0.05, 0) is 19.9 Å². The van der Waals surface area contributed by atoms with Gasteiger partial charge in [-0.1, -0.05) is 25.1 Å². The third-order valence-electron chi connectivity index (χ3n) is 2.19. The van der Waals surface area contributed by atoms with Gasteiger partial charge in [-0.25, -0.2) is 0 Å². The quantitative estimate of drug-likeness (QED) is 0.595. The second-order valence-corrected chi connectivity index (χ2v) is 4.15.